The van der Waals surface area contributed by atoms with Gasteiger partial charge >= 0.3 is 5.97 Å². The maximum absolute atomic E-state index is 14.7. The Morgan fingerprint density at radius 2 is 1.23 bits per heavy atom. The van der Waals surface area contributed by atoms with Gasteiger partial charge in [0.05, 0.1) is 5.41 Å². The highest BCUT2D eigenvalue weighted by molar-refractivity contribution is 5.96. The van der Waals surface area contributed by atoms with Crippen LogP contribution in [0.1, 0.15) is 216 Å². The van der Waals surface area contributed by atoms with E-state index < -0.39 is 22.4 Å². The summed E-state index contributed by atoms with van der Waals surface area (Å²) in [5.74, 6) is -0.480. The number of carboxylic acid groups (broad SMARTS) is 1. The van der Waals surface area contributed by atoms with Crippen molar-refractivity contribution in [1.29, 1.82) is 0 Å². The number of carbonyl (C=O) groups excluding carboxylic acids is 2. The minimum atomic E-state index is -1.36. The van der Waals surface area contributed by atoms with Gasteiger partial charge in [0.15, 0.2) is 11.6 Å². The first-order valence-electron chi connectivity index (χ1n) is 22.6. The van der Waals surface area contributed by atoms with Crippen molar-refractivity contribution >= 4 is 17.5 Å². The van der Waals surface area contributed by atoms with E-state index in [0.29, 0.717) is 32.1 Å². The fraction of sp³-hybridized carbons (Fsp3) is 0.896. The zero-order valence-electron chi connectivity index (χ0n) is 35.6. The number of aliphatic carboxylic acids is 1. The first-order chi connectivity index (χ1) is 24.9. The summed E-state index contributed by atoms with van der Waals surface area (Å²) in [4.78, 5) is 41.2. The molecule has 4 saturated carbocycles. The molecule has 5 rings (SSSR count). The summed E-state index contributed by atoms with van der Waals surface area (Å²) < 4.78 is 0. The summed E-state index contributed by atoms with van der Waals surface area (Å²) in [6, 6.07) is 0. The van der Waals surface area contributed by atoms with E-state index in [1.807, 2.05) is 13.0 Å². The molecule has 0 amide bonds. The van der Waals surface area contributed by atoms with E-state index in [4.69, 9.17) is 0 Å². The Bertz CT molecular complexity index is 1360. The average Bonchev–Trinajstić information content (AvgIpc) is 3.09. The fourth-order valence-electron chi connectivity index (χ4n) is 13.7. The second kappa shape index (κ2) is 16.2. The normalized spacial score (nSPS) is 40.4. The van der Waals surface area contributed by atoms with E-state index in [2.05, 4.69) is 48.5 Å². The Balaban J connectivity index is 1.18. The highest BCUT2D eigenvalue weighted by atomic mass is 16.4. The molecule has 0 spiro atoms. The SMILES string of the molecule is CCCCCCCCCCCCCCCCCC(=O)[C@]1(O)CC[C@@]2(C)C(CC[C@]3(C)[C@@H]2C(=O)C=C2[C@H]4C[C@@](C)(C(=O)O)CC[C@]4(C)CC[C@]23C)C1(C)C. The van der Waals surface area contributed by atoms with Gasteiger partial charge in [-0.1, -0.05) is 144 Å². The molecule has 1 unspecified atom stereocenters. The van der Waals surface area contributed by atoms with Crippen LogP contribution in [0.3, 0.4) is 0 Å². The van der Waals surface area contributed by atoms with Gasteiger partial charge in [-0.25, -0.2) is 0 Å². The summed E-state index contributed by atoms with van der Waals surface area (Å²) in [5.41, 5.74) is -2.23. The molecular weight excluding hydrogens is 657 g/mol. The van der Waals surface area contributed by atoms with Crippen LogP contribution in [0.25, 0.3) is 0 Å². The quantitative estimate of drug-likeness (QED) is 0.137. The van der Waals surface area contributed by atoms with Crippen molar-refractivity contribution in [3.05, 3.63) is 11.6 Å². The van der Waals surface area contributed by atoms with Crippen LogP contribution in [0.15, 0.2) is 11.6 Å². The van der Waals surface area contributed by atoms with Crippen LogP contribution in [0.2, 0.25) is 0 Å². The predicted octanol–water partition coefficient (Wildman–Crippen LogP) is 12.6. The molecule has 0 aromatic rings. The minimum absolute atomic E-state index is 0.0158. The van der Waals surface area contributed by atoms with Crippen LogP contribution in [0.5, 0.6) is 0 Å². The Hall–Kier alpha value is -1.49. The summed E-state index contributed by atoms with van der Waals surface area (Å²) >= 11 is 0. The number of rotatable bonds is 18. The lowest BCUT2D eigenvalue weighted by atomic mass is 9.32. The predicted molar refractivity (Wildman–Crippen MR) is 217 cm³/mol. The molecule has 0 heterocycles. The average molecular weight is 737 g/mol. The van der Waals surface area contributed by atoms with Crippen molar-refractivity contribution < 1.29 is 24.6 Å². The molecule has 302 valence electrons. The number of unbranched alkanes of at least 4 members (excludes halogenated alkanes) is 14. The molecule has 0 aromatic carbocycles. The third kappa shape index (κ3) is 7.55. The van der Waals surface area contributed by atoms with Crippen LogP contribution in [-0.2, 0) is 14.4 Å². The van der Waals surface area contributed by atoms with Crippen LogP contribution < -0.4 is 0 Å². The molecular formula is C48H80O5. The van der Waals surface area contributed by atoms with Gasteiger partial charge < -0.3 is 10.2 Å². The topological polar surface area (TPSA) is 91.7 Å². The molecule has 0 bridgehead atoms. The van der Waals surface area contributed by atoms with E-state index in [9.17, 15) is 24.6 Å². The van der Waals surface area contributed by atoms with E-state index >= 15 is 0 Å². The number of hydrogen-bond acceptors (Lipinski definition) is 4. The molecule has 9 atom stereocenters. The van der Waals surface area contributed by atoms with Gasteiger partial charge in [-0.2, -0.15) is 0 Å². The van der Waals surface area contributed by atoms with E-state index in [1.165, 1.54) is 89.0 Å². The van der Waals surface area contributed by atoms with Gasteiger partial charge in [-0.3, -0.25) is 14.4 Å². The molecule has 0 radical (unpaired) electrons. The summed E-state index contributed by atoms with van der Waals surface area (Å²) in [5, 5.41) is 22.6. The van der Waals surface area contributed by atoms with Crippen molar-refractivity contribution in [2.24, 2.45) is 50.2 Å². The first kappa shape index (κ1) is 42.6. The van der Waals surface area contributed by atoms with Crippen LogP contribution in [-0.4, -0.2) is 33.3 Å². The third-order valence-electron chi connectivity index (χ3n) is 17.8. The standard InChI is InChI=1S/C48H80O5/c1-9-10-11-12-13-14-15-16-17-18-19-20-21-22-23-24-39(50)48(53)32-30-45(6)38(42(48,2)3)25-26-47(8)40(45)37(49)33-35-36-34-44(5,41(51)52)28-27-43(36,4)29-31-46(35,47)7/h33,36,38,40,53H,9-32,34H2,1-8H3,(H,51,52)/t36-,38?,40-,43-,44+,45+,46-,47-,48-/m1/s1. The molecule has 53 heavy (non-hydrogen) atoms. The molecule has 5 aliphatic carbocycles. The van der Waals surface area contributed by atoms with Gasteiger partial charge in [0.1, 0.15) is 5.60 Å². The number of fused-ring (bicyclic) bond motifs is 7. The van der Waals surface area contributed by atoms with E-state index in [1.54, 1.807) is 0 Å². The lowest BCUT2D eigenvalue weighted by Crippen LogP contribution is -2.69. The summed E-state index contributed by atoms with van der Waals surface area (Å²) in [6.45, 7) is 17.9. The highest BCUT2D eigenvalue weighted by Gasteiger charge is 2.72. The Morgan fingerprint density at radius 3 is 1.77 bits per heavy atom. The van der Waals surface area contributed by atoms with Crippen LogP contribution >= 0.6 is 0 Å². The number of allylic oxidation sites excluding steroid dienone is 2. The molecule has 5 nitrogen and oxygen atoms in total. The maximum Gasteiger partial charge on any atom is 0.309 e. The van der Waals surface area contributed by atoms with Crippen LogP contribution in [0, 0.1) is 50.2 Å². The van der Waals surface area contributed by atoms with Crippen molar-refractivity contribution in [2.45, 2.75) is 222 Å². The Kier molecular flexibility index (Phi) is 13.0. The van der Waals surface area contributed by atoms with Gasteiger partial charge in [-0.15, -0.1) is 0 Å². The molecule has 4 fully saturated rings. The first-order valence-corrected chi connectivity index (χ1v) is 22.6. The second-order valence-corrected chi connectivity index (χ2v) is 21.3. The number of carboxylic acids is 1. The van der Waals surface area contributed by atoms with E-state index in [-0.39, 0.29) is 51.0 Å². The number of carbonyl (C=O) groups is 3. The highest BCUT2D eigenvalue weighted by Crippen LogP contribution is 2.76. The van der Waals surface area contributed by atoms with E-state index in [0.717, 1.165) is 44.9 Å². The zero-order valence-corrected chi connectivity index (χ0v) is 35.6. The number of Topliss-reactive ketones (excluding diaryl/α,β-unsaturated/α-hetero) is 1. The largest absolute Gasteiger partial charge is 0.481 e. The zero-order chi connectivity index (χ0) is 38.9. The Labute approximate surface area is 324 Å². The van der Waals surface area contributed by atoms with Gasteiger partial charge in [-0.05, 0) is 111 Å². The van der Waals surface area contributed by atoms with Crippen molar-refractivity contribution in [1.82, 2.24) is 0 Å². The smallest absolute Gasteiger partial charge is 0.309 e. The molecule has 5 heteroatoms. The fourth-order valence-corrected chi connectivity index (χ4v) is 13.7. The monoisotopic (exact) mass is 737 g/mol. The molecule has 0 saturated heterocycles. The molecule has 0 aromatic heterocycles. The van der Waals surface area contributed by atoms with Gasteiger partial charge in [0.25, 0.3) is 0 Å². The number of ketones is 2. The van der Waals surface area contributed by atoms with Crippen LogP contribution in [0.4, 0.5) is 0 Å². The number of aliphatic hydroxyl groups is 1. The van der Waals surface area contributed by atoms with Crippen molar-refractivity contribution in [3.8, 4) is 0 Å². The van der Waals surface area contributed by atoms with Gasteiger partial charge in [0.2, 0.25) is 0 Å². The lowest BCUT2D eigenvalue weighted by Gasteiger charge is -2.71. The summed E-state index contributed by atoms with van der Waals surface area (Å²) in [6.07, 6.45) is 29.0. The van der Waals surface area contributed by atoms with Crippen molar-refractivity contribution in [3.63, 3.8) is 0 Å². The minimum Gasteiger partial charge on any atom is -0.481 e. The molecule has 2 N–H and O–H groups in total. The second-order valence-electron chi connectivity index (χ2n) is 21.3. The number of hydrogen-bond donors (Lipinski definition) is 2. The lowest BCUT2D eigenvalue weighted by molar-refractivity contribution is -0.227. The van der Waals surface area contributed by atoms with Crippen molar-refractivity contribution in [2.75, 3.05) is 0 Å². The third-order valence-corrected chi connectivity index (χ3v) is 17.8. The Morgan fingerprint density at radius 1 is 0.698 bits per heavy atom. The molecule has 0 aliphatic heterocycles. The molecule has 5 aliphatic rings. The summed E-state index contributed by atoms with van der Waals surface area (Å²) in [7, 11) is 0. The van der Waals surface area contributed by atoms with Gasteiger partial charge in [0, 0.05) is 17.8 Å². The maximum atomic E-state index is 14.7.